The van der Waals surface area contributed by atoms with E-state index in [1.54, 1.807) is 0 Å². The van der Waals surface area contributed by atoms with Gasteiger partial charge in [-0.2, -0.15) is 0 Å². The summed E-state index contributed by atoms with van der Waals surface area (Å²) in [6.45, 7) is 6.91. The Balaban J connectivity index is 0.000000718. The van der Waals surface area contributed by atoms with Crippen LogP contribution in [0.3, 0.4) is 0 Å². The van der Waals surface area contributed by atoms with E-state index in [0.717, 1.165) is 13.1 Å². The normalized spacial score (nSPS) is 13.9. The molecule has 0 aliphatic rings. The van der Waals surface area contributed by atoms with E-state index in [2.05, 4.69) is 53.6 Å². The van der Waals surface area contributed by atoms with Crippen molar-refractivity contribution in [2.45, 2.75) is 117 Å². The number of para-hydroxylation sites is 2. The van der Waals surface area contributed by atoms with Crippen molar-refractivity contribution in [3.63, 3.8) is 0 Å². The van der Waals surface area contributed by atoms with E-state index in [-0.39, 0.29) is 0 Å². The zero-order valence-electron chi connectivity index (χ0n) is 20.8. The number of fused-ring (bicyclic) bond motifs is 1. The van der Waals surface area contributed by atoms with Crippen molar-refractivity contribution in [3.05, 3.63) is 30.6 Å². The van der Waals surface area contributed by atoms with Gasteiger partial charge in [-0.3, -0.25) is 0 Å². The van der Waals surface area contributed by atoms with Crippen molar-refractivity contribution in [2.75, 3.05) is 0 Å². The molecule has 34 heavy (non-hydrogen) atoms. The zero-order chi connectivity index (χ0) is 25.6. The van der Waals surface area contributed by atoms with Crippen molar-refractivity contribution in [2.24, 2.45) is 0 Å². The van der Waals surface area contributed by atoms with Gasteiger partial charge in [0.2, 0.25) is 6.33 Å². The van der Waals surface area contributed by atoms with Crippen LogP contribution in [0.1, 0.15) is 104 Å². The molecule has 0 aliphatic heterocycles. The first-order valence-corrected chi connectivity index (χ1v) is 14.9. The number of benzene rings is 1. The molecule has 0 saturated heterocycles. The first-order chi connectivity index (χ1) is 15.8. The fraction of sp³-hybridized carbons (Fsp3) is 0.720. The number of imidazole rings is 1. The van der Waals surface area contributed by atoms with E-state index < -0.39 is 7.81 Å². The van der Waals surface area contributed by atoms with Crippen LogP contribution in [0.2, 0.25) is 0 Å². The van der Waals surface area contributed by atoms with Crippen LogP contribution in [-0.2, 0) is 13.1 Å². The van der Waals surface area contributed by atoms with E-state index in [1.807, 2.05) is 0 Å². The second-order valence-electron chi connectivity index (χ2n) is 9.19. The van der Waals surface area contributed by atoms with Gasteiger partial charge in [0.05, 0.1) is 13.1 Å². The molecule has 1 heterocycles. The third-order valence-electron chi connectivity index (χ3n) is 5.78. The van der Waals surface area contributed by atoms with Crippen LogP contribution in [0.25, 0.3) is 11.0 Å². The van der Waals surface area contributed by atoms with Gasteiger partial charge >= 0.3 is 33.0 Å². The fourth-order valence-electron chi connectivity index (χ4n) is 4.08. The zero-order valence-corrected chi connectivity index (χ0v) is 21.7. The SMILES string of the molecule is CCCCCCCCCn1c[n+](CCCCCCCCC)c2ccccc21.F[P-](F)(F)(F)(F)F. The first-order valence-electron chi connectivity index (χ1n) is 12.9. The van der Waals surface area contributed by atoms with Crippen LogP contribution >= 0.6 is 7.81 Å². The predicted molar refractivity (Wildman–Crippen MR) is 132 cm³/mol. The van der Waals surface area contributed by atoms with Gasteiger partial charge < -0.3 is 0 Å². The van der Waals surface area contributed by atoms with E-state index in [4.69, 9.17) is 0 Å². The van der Waals surface area contributed by atoms with Crippen LogP contribution in [-0.4, -0.2) is 4.57 Å². The molecule has 0 bridgehead atoms. The molecule has 0 radical (unpaired) electrons. The van der Waals surface area contributed by atoms with Crippen molar-refractivity contribution in [3.8, 4) is 0 Å². The summed E-state index contributed by atoms with van der Waals surface area (Å²) in [5.41, 5.74) is 2.82. The molecule has 1 aromatic heterocycles. The van der Waals surface area contributed by atoms with Gasteiger partial charge in [-0.25, -0.2) is 9.13 Å². The molecule has 0 saturated carbocycles. The monoisotopic (exact) mass is 516 g/mol. The van der Waals surface area contributed by atoms with Gasteiger partial charge in [0.15, 0.2) is 11.0 Å². The predicted octanol–water partition coefficient (Wildman–Crippen LogP) is 10.8. The molecule has 200 valence electrons. The van der Waals surface area contributed by atoms with E-state index >= 15 is 0 Å². The molecule has 0 spiro atoms. The molecule has 2 nitrogen and oxygen atoms in total. The van der Waals surface area contributed by atoms with E-state index in [1.165, 1.54) is 101 Å². The third kappa shape index (κ3) is 17.2. The van der Waals surface area contributed by atoms with Crippen molar-refractivity contribution in [1.29, 1.82) is 0 Å². The summed E-state index contributed by atoms with van der Waals surface area (Å²) in [6, 6.07) is 8.94. The second kappa shape index (κ2) is 13.7. The Labute approximate surface area is 201 Å². The average molecular weight is 517 g/mol. The summed E-state index contributed by atoms with van der Waals surface area (Å²) in [5.74, 6) is 0. The Morgan fingerprint density at radius 3 is 1.62 bits per heavy atom. The number of aryl methyl sites for hydroxylation is 2. The van der Waals surface area contributed by atoms with Gasteiger partial charge in [-0.05, 0) is 37.8 Å². The topological polar surface area (TPSA) is 8.81 Å². The van der Waals surface area contributed by atoms with Gasteiger partial charge in [-0.1, -0.05) is 90.2 Å². The number of hydrogen-bond acceptors (Lipinski definition) is 0. The summed E-state index contributed by atoms with van der Waals surface area (Å²) in [6.07, 6.45) is 21.7. The van der Waals surface area contributed by atoms with Crippen molar-refractivity contribution >= 4 is 18.8 Å². The maximum atomic E-state index is 9.87. The Morgan fingerprint density at radius 1 is 0.647 bits per heavy atom. The van der Waals surface area contributed by atoms with Crippen molar-refractivity contribution in [1.82, 2.24) is 4.57 Å². The number of aromatic nitrogens is 2. The maximum absolute atomic E-state index is 10.7. The van der Waals surface area contributed by atoms with Crippen LogP contribution in [0.5, 0.6) is 0 Å². The molecule has 2 aromatic rings. The number of rotatable bonds is 16. The molecule has 0 aliphatic carbocycles. The minimum atomic E-state index is -10.7. The molecule has 0 atom stereocenters. The Morgan fingerprint density at radius 2 is 1.09 bits per heavy atom. The first kappa shape index (κ1) is 30.7. The summed E-state index contributed by atoms with van der Waals surface area (Å²) in [4.78, 5) is 0. The quantitative estimate of drug-likeness (QED) is 0.0908. The molecule has 1 aromatic carbocycles. The summed E-state index contributed by atoms with van der Waals surface area (Å²) in [5, 5.41) is 0. The standard InChI is InChI=1S/C25H43N2.F6P/c1-3-5-7-9-11-13-17-21-26-23-27(25-20-16-15-19-24(25)26)22-18-14-12-10-8-6-4-2;1-7(2,3,4,5)6/h15-16,19-20,23H,3-14,17-18,21-22H2,1-2H3;/q+1;-1. The molecular formula is C25H43F6N2P. The molecule has 0 N–H and O–H groups in total. The average Bonchev–Trinajstić information content (AvgIpc) is 3.08. The Hall–Kier alpha value is -1.30. The minimum absolute atomic E-state index is 1.16. The number of halogens is 6. The summed E-state index contributed by atoms with van der Waals surface area (Å²) >= 11 is 0. The van der Waals surface area contributed by atoms with E-state index in [9.17, 15) is 25.2 Å². The molecule has 0 unspecified atom stereocenters. The number of unbranched alkanes of at least 4 members (excludes halogenated alkanes) is 12. The number of hydrogen-bond donors (Lipinski definition) is 0. The number of nitrogens with zero attached hydrogens (tertiary/aromatic N) is 2. The Bertz CT molecular complexity index is 754. The third-order valence-corrected chi connectivity index (χ3v) is 5.78. The van der Waals surface area contributed by atoms with Crippen LogP contribution < -0.4 is 4.57 Å². The molecule has 2 rings (SSSR count). The molecule has 0 amide bonds. The summed E-state index contributed by atoms with van der Waals surface area (Å²) in [7, 11) is -10.7. The van der Waals surface area contributed by atoms with Gasteiger partial charge in [-0.15, -0.1) is 0 Å². The second-order valence-corrected chi connectivity index (χ2v) is 11.1. The van der Waals surface area contributed by atoms with Gasteiger partial charge in [0, 0.05) is 0 Å². The molecule has 0 fully saturated rings. The van der Waals surface area contributed by atoms with Crippen LogP contribution in [0.15, 0.2) is 30.6 Å². The Kier molecular flexibility index (Phi) is 12.4. The molecular weight excluding hydrogens is 473 g/mol. The molecule has 9 heteroatoms. The summed E-state index contributed by atoms with van der Waals surface area (Å²) < 4.78 is 64.2. The van der Waals surface area contributed by atoms with Crippen LogP contribution in [0.4, 0.5) is 25.2 Å². The van der Waals surface area contributed by atoms with Gasteiger partial charge in [0.1, 0.15) is 0 Å². The van der Waals surface area contributed by atoms with Gasteiger partial charge in [0.25, 0.3) is 0 Å². The van der Waals surface area contributed by atoms with Crippen molar-refractivity contribution < 1.29 is 29.7 Å². The van der Waals surface area contributed by atoms with E-state index in [0.29, 0.717) is 0 Å². The fourth-order valence-corrected chi connectivity index (χ4v) is 4.08. The van der Waals surface area contributed by atoms with Crippen LogP contribution in [0, 0.1) is 0 Å².